The van der Waals surface area contributed by atoms with Crippen molar-refractivity contribution in [3.63, 3.8) is 0 Å². The number of esters is 1. The monoisotopic (exact) mass is 420 g/mol. The molecule has 0 bridgehead atoms. The van der Waals surface area contributed by atoms with Crippen molar-refractivity contribution in [2.45, 2.75) is 26.7 Å². The number of amides is 2. The molecule has 0 saturated carbocycles. The van der Waals surface area contributed by atoms with E-state index in [-0.39, 0.29) is 29.4 Å². The fourth-order valence-corrected chi connectivity index (χ4v) is 3.51. The van der Waals surface area contributed by atoms with Crippen LogP contribution < -0.4 is 5.32 Å². The summed E-state index contributed by atoms with van der Waals surface area (Å²) in [5.41, 5.74) is 2.63. The number of aryl methyl sites for hydroxylation is 1. The largest absolute Gasteiger partial charge is 0.466 e. The zero-order valence-corrected chi connectivity index (χ0v) is 18.0. The molecule has 1 N–H and O–H groups in total. The van der Waals surface area contributed by atoms with Crippen LogP contribution in [-0.4, -0.2) is 42.4 Å². The molecular weight excluding hydrogens is 392 g/mol. The van der Waals surface area contributed by atoms with Crippen molar-refractivity contribution in [1.29, 1.82) is 0 Å². The van der Waals surface area contributed by atoms with Gasteiger partial charge in [0.15, 0.2) is 0 Å². The van der Waals surface area contributed by atoms with E-state index in [1.165, 1.54) is 0 Å². The normalized spacial score (nSPS) is 14.8. The minimum absolute atomic E-state index is 0.188. The van der Waals surface area contributed by atoms with Crippen LogP contribution in [0.4, 0.5) is 0 Å². The molecule has 1 saturated heterocycles. The molecule has 1 fully saturated rings. The summed E-state index contributed by atoms with van der Waals surface area (Å²) in [5.74, 6) is -0.990. The van der Waals surface area contributed by atoms with E-state index >= 15 is 0 Å². The lowest BCUT2D eigenvalue weighted by atomic mass is 9.96. The van der Waals surface area contributed by atoms with E-state index in [1.807, 2.05) is 37.3 Å². The van der Waals surface area contributed by atoms with Crippen LogP contribution in [0.1, 0.15) is 41.3 Å². The SMILES string of the molecule is CCOC(=O)C1CCN(C(=O)C(=Cc2ccc(C)cc2)NC(=O)c2ccccc2)CC1. The Morgan fingerprint density at radius 1 is 1.03 bits per heavy atom. The fraction of sp³-hybridized carbons (Fsp3) is 0.320. The van der Waals surface area contributed by atoms with Gasteiger partial charge in [-0.2, -0.15) is 0 Å². The molecule has 0 atom stereocenters. The Labute approximate surface area is 182 Å². The minimum atomic E-state index is -0.339. The van der Waals surface area contributed by atoms with Gasteiger partial charge in [-0.15, -0.1) is 0 Å². The summed E-state index contributed by atoms with van der Waals surface area (Å²) < 4.78 is 5.10. The van der Waals surface area contributed by atoms with Gasteiger partial charge in [0.05, 0.1) is 12.5 Å². The molecule has 3 rings (SSSR count). The van der Waals surface area contributed by atoms with E-state index in [1.54, 1.807) is 42.2 Å². The van der Waals surface area contributed by atoms with Gasteiger partial charge in [-0.3, -0.25) is 14.4 Å². The van der Waals surface area contributed by atoms with Gasteiger partial charge < -0.3 is 15.0 Å². The molecule has 0 unspecified atom stereocenters. The van der Waals surface area contributed by atoms with Gasteiger partial charge in [-0.1, -0.05) is 48.0 Å². The van der Waals surface area contributed by atoms with Gasteiger partial charge in [-0.25, -0.2) is 0 Å². The van der Waals surface area contributed by atoms with E-state index in [4.69, 9.17) is 4.74 Å². The maximum atomic E-state index is 13.3. The maximum absolute atomic E-state index is 13.3. The number of carbonyl (C=O) groups is 3. The summed E-state index contributed by atoms with van der Waals surface area (Å²) in [6, 6.07) is 16.5. The molecule has 1 aliphatic rings. The van der Waals surface area contributed by atoms with Crippen molar-refractivity contribution >= 4 is 23.9 Å². The number of likely N-dealkylation sites (tertiary alicyclic amines) is 1. The predicted molar refractivity (Wildman–Crippen MR) is 119 cm³/mol. The molecule has 6 heteroatoms. The Hall–Kier alpha value is -3.41. The molecule has 1 aliphatic heterocycles. The summed E-state index contributed by atoms with van der Waals surface area (Å²) in [5, 5.41) is 2.79. The first-order chi connectivity index (χ1) is 15.0. The Morgan fingerprint density at radius 3 is 2.29 bits per heavy atom. The first-order valence-corrected chi connectivity index (χ1v) is 10.6. The number of ether oxygens (including phenoxy) is 1. The Bertz CT molecular complexity index is 943. The van der Waals surface area contributed by atoms with Crippen LogP contribution >= 0.6 is 0 Å². The number of carbonyl (C=O) groups excluding carboxylic acids is 3. The van der Waals surface area contributed by atoms with Crippen molar-refractivity contribution in [2.24, 2.45) is 5.92 Å². The lowest BCUT2D eigenvalue weighted by Gasteiger charge is -2.31. The average Bonchev–Trinajstić information content (AvgIpc) is 2.80. The summed E-state index contributed by atoms with van der Waals surface area (Å²) in [7, 11) is 0. The van der Waals surface area contributed by atoms with Crippen LogP contribution in [0.2, 0.25) is 0 Å². The highest BCUT2D eigenvalue weighted by molar-refractivity contribution is 6.05. The van der Waals surface area contributed by atoms with E-state index in [2.05, 4.69) is 5.32 Å². The highest BCUT2D eigenvalue weighted by Gasteiger charge is 2.30. The molecule has 2 aromatic carbocycles. The summed E-state index contributed by atoms with van der Waals surface area (Å²) in [4.78, 5) is 39.6. The van der Waals surface area contributed by atoms with Crippen LogP contribution in [-0.2, 0) is 14.3 Å². The lowest BCUT2D eigenvalue weighted by molar-refractivity contribution is -0.150. The number of nitrogens with zero attached hydrogens (tertiary/aromatic N) is 1. The standard InChI is InChI=1S/C25H28N2O4/c1-3-31-25(30)21-13-15-27(16-14-21)24(29)22(17-19-11-9-18(2)10-12-19)26-23(28)20-7-5-4-6-8-20/h4-12,17,21H,3,13-16H2,1-2H3,(H,26,28). The van der Waals surface area contributed by atoms with Gasteiger partial charge in [-0.05, 0) is 50.5 Å². The minimum Gasteiger partial charge on any atom is -0.466 e. The van der Waals surface area contributed by atoms with Crippen LogP contribution in [0.25, 0.3) is 6.08 Å². The summed E-state index contributed by atoms with van der Waals surface area (Å²) in [6.07, 6.45) is 2.80. The lowest BCUT2D eigenvalue weighted by Crippen LogP contribution is -2.44. The molecule has 2 aromatic rings. The average molecular weight is 421 g/mol. The molecule has 2 amide bonds. The number of nitrogens with one attached hydrogen (secondary N) is 1. The van der Waals surface area contributed by atoms with Gasteiger partial charge >= 0.3 is 5.97 Å². The highest BCUT2D eigenvalue weighted by atomic mass is 16.5. The fourth-order valence-electron chi connectivity index (χ4n) is 3.51. The number of hydrogen-bond donors (Lipinski definition) is 1. The van der Waals surface area contributed by atoms with Crippen molar-refractivity contribution < 1.29 is 19.1 Å². The first kappa shape index (κ1) is 22.3. The number of piperidine rings is 1. The third kappa shape index (κ3) is 6.04. The van der Waals surface area contributed by atoms with Crippen LogP contribution in [0.15, 0.2) is 60.3 Å². The molecule has 0 spiro atoms. The first-order valence-electron chi connectivity index (χ1n) is 10.6. The summed E-state index contributed by atoms with van der Waals surface area (Å²) >= 11 is 0. The second kappa shape index (κ2) is 10.6. The van der Waals surface area contributed by atoms with Crippen molar-refractivity contribution in [3.05, 3.63) is 77.0 Å². The molecule has 6 nitrogen and oxygen atoms in total. The third-order valence-electron chi connectivity index (χ3n) is 5.31. The van der Waals surface area contributed by atoms with Crippen LogP contribution in [0.3, 0.4) is 0 Å². The van der Waals surface area contributed by atoms with Gasteiger partial charge in [0, 0.05) is 18.7 Å². The van der Waals surface area contributed by atoms with Crippen LogP contribution in [0.5, 0.6) is 0 Å². The third-order valence-corrected chi connectivity index (χ3v) is 5.31. The number of hydrogen-bond acceptors (Lipinski definition) is 4. The summed E-state index contributed by atoms with van der Waals surface area (Å²) in [6.45, 7) is 5.01. The van der Waals surface area contributed by atoms with Crippen LogP contribution in [0, 0.1) is 12.8 Å². The Kier molecular flexibility index (Phi) is 7.60. The predicted octanol–water partition coefficient (Wildman–Crippen LogP) is 3.57. The molecular formula is C25H28N2O4. The quantitative estimate of drug-likeness (QED) is 0.573. The Balaban J connectivity index is 1.77. The highest BCUT2D eigenvalue weighted by Crippen LogP contribution is 2.21. The molecule has 0 aromatic heterocycles. The van der Waals surface area contributed by atoms with Gasteiger partial charge in [0.2, 0.25) is 0 Å². The van der Waals surface area contributed by atoms with Crippen molar-refractivity contribution in [3.8, 4) is 0 Å². The van der Waals surface area contributed by atoms with E-state index < -0.39 is 0 Å². The van der Waals surface area contributed by atoms with E-state index in [0.717, 1.165) is 11.1 Å². The smallest absolute Gasteiger partial charge is 0.309 e. The molecule has 1 heterocycles. The zero-order valence-electron chi connectivity index (χ0n) is 18.0. The second-order valence-corrected chi connectivity index (χ2v) is 7.61. The van der Waals surface area contributed by atoms with Crippen molar-refractivity contribution in [1.82, 2.24) is 10.2 Å². The zero-order chi connectivity index (χ0) is 22.2. The van der Waals surface area contributed by atoms with E-state index in [9.17, 15) is 14.4 Å². The number of benzene rings is 2. The second-order valence-electron chi connectivity index (χ2n) is 7.61. The van der Waals surface area contributed by atoms with Crippen molar-refractivity contribution in [2.75, 3.05) is 19.7 Å². The molecule has 0 radical (unpaired) electrons. The molecule has 0 aliphatic carbocycles. The Morgan fingerprint density at radius 2 is 1.68 bits per heavy atom. The topological polar surface area (TPSA) is 75.7 Å². The van der Waals surface area contributed by atoms with Gasteiger partial charge in [0.1, 0.15) is 5.70 Å². The number of rotatable bonds is 6. The molecule has 162 valence electrons. The van der Waals surface area contributed by atoms with E-state index in [0.29, 0.717) is 38.1 Å². The van der Waals surface area contributed by atoms with Gasteiger partial charge in [0.25, 0.3) is 11.8 Å². The maximum Gasteiger partial charge on any atom is 0.309 e. The molecule has 31 heavy (non-hydrogen) atoms.